The molecule has 0 fully saturated rings. The van der Waals surface area contributed by atoms with Crippen LogP contribution in [0.15, 0.2) is 12.2 Å². The van der Waals surface area contributed by atoms with Gasteiger partial charge in [-0.05, 0) is 19.4 Å². The summed E-state index contributed by atoms with van der Waals surface area (Å²) in [5.74, 6) is -0.0278. The van der Waals surface area contributed by atoms with Gasteiger partial charge >= 0.3 is 9.28 Å². The van der Waals surface area contributed by atoms with E-state index in [1.807, 2.05) is 0 Å². The quantitative estimate of drug-likeness (QED) is 0.323. The predicted molar refractivity (Wildman–Crippen MR) is 86.1 cm³/mol. The Balaban J connectivity index is 3.21. The number of hydrogen-bond acceptors (Lipinski definition) is 3. The maximum Gasteiger partial charge on any atom is 0.320 e. The van der Waals surface area contributed by atoms with E-state index in [0.29, 0.717) is 5.57 Å². The van der Waals surface area contributed by atoms with Crippen LogP contribution in [-0.2, 0) is 13.6 Å². The van der Waals surface area contributed by atoms with Crippen LogP contribution in [0.2, 0.25) is 6.04 Å². The van der Waals surface area contributed by atoms with Crippen molar-refractivity contribution in [3.63, 3.8) is 0 Å². The number of hydrogen-bond donors (Lipinski definition) is 1. The Morgan fingerprint density at radius 1 is 1.00 bits per heavy atom. The second-order valence-corrected chi connectivity index (χ2v) is 7.58. The third-order valence-corrected chi connectivity index (χ3v) is 5.25. The summed E-state index contributed by atoms with van der Waals surface area (Å²) in [5, 5.41) is 2.86. The normalized spacial score (nSPS) is 10.8. The molecule has 0 atom stereocenters. The van der Waals surface area contributed by atoms with Gasteiger partial charge in [0.25, 0.3) is 0 Å². The number of unbranched alkanes of at least 4 members (excludes halogenated alkanes) is 6. The lowest BCUT2D eigenvalue weighted by Gasteiger charge is -2.10. The van der Waals surface area contributed by atoms with Gasteiger partial charge in [-0.3, -0.25) is 4.79 Å². The van der Waals surface area contributed by atoms with Crippen molar-refractivity contribution < 1.29 is 13.6 Å². The number of amides is 1. The van der Waals surface area contributed by atoms with Crippen molar-refractivity contribution in [1.29, 1.82) is 0 Å². The Kier molecular flexibility index (Phi) is 12.9. The third kappa shape index (κ3) is 11.2. The standard InChI is InChI=1S/C15H31NO3Si/c1-14(2)15(17)16-12-10-8-6-5-7-9-11-13-20(18-3)19-4/h20H,1,5-13H2,2-4H3,(H,16,17). The van der Waals surface area contributed by atoms with Gasteiger partial charge in [0.15, 0.2) is 0 Å². The zero-order valence-electron chi connectivity index (χ0n) is 13.4. The van der Waals surface area contributed by atoms with E-state index in [1.165, 1.54) is 38.5 Å². The minimum atomic E-state index is -1.33. The van der Waals surface area contributed by atoms with Crippen molar-refractivity contribution in [2.24, 2.45) is 0 Å². The highest BCUT2D eigenvalue weighted by Gasteiger charge is 2.07. The first kappa shape index (κ1) is 19.3. The van der Waals surface area contributed by atoms with Gasteiger partial charge < -0.3 is 14.2 Å². The highest BCUT2D eigenvalue weighted by atomic mass is 28.3. The van der Waals surface area contributed by atoms with Gasteiger partial charge in [0.05, 0.1) is 0 Å². The second kappa shape index (κ2) is 13.3. The molecule has 1 amide bonds. The number of nitrogens with one attached hydrogen (secondary N) is 1. The van der Waals surface area contributed by atoms with E-state index in [4.69, 9.17) is 8.85 Å². The molecule has 0 saturated heterocycles. The van der Waals surface area contributed by atoms with Crippen molar-refractivity contribution in [2.45, 2.75) is 57.9 Å². The van der Waals surface area contributed by atoms with Crippen molar-refractivity contribution in [2.75, 3.05) is 20.8 Å². The lowest BCUT2D eigenvalue weighted by molar-refractivity contribution is -0.117. The first-order chi connectivity index (χ1) is 9.61. The fraction of sp³-hybridized carbons (Fsp3) is 0.800. The Labute approximate surface area is 125 Å². The predicted octanol–water partition coefficient (Wildman–Crippen LogP) is 2.92. The zero-order chi connectivity index (χ0) is 15.2. The van der Waals surface area contributed by atoms with Crippen LogP contribution in [0.4, 0.5) is 0 Å². The molecule has 0 aromatic rings. The summed E-state index contributed by atoms with van der Waals surface area (Å²) in [5.41, 5.74) is 0.582. The molecule has 0 aliphatic carbocycles. The summed E-state index contributed by atoms with van der Waals surface area (Å²) < 4.78 is 10.6. The van der Waals surface area contributed by atoms with Gasteiger partial charge in [0, 0.05) is 26.3 Å². The van der Waals surface area contributed by atoms with Crippen molar-refractivity contribution >= 4 is 15.2 Å². The van der Waals surface area contributed by atoms with E-state index in [1.54, 1.807) is 21.1 Å². The summed E-state index contributed by atoms with van der Waals surface area (Å²) in [6.45, 7) is 6.11. The van der Waals surface area contributed by atoms with Gasteiger partial charge in [-0.1, -0.05) is 45.1 Å². The molecule has 0 heterocycles. The Morgan fingerprint density at radius 3 is 2.00 bits per heavy atom. The molecule has 0 aromatic carbocycles. The maximum absolute atomic E-state index is 11.2. The van der Waals surface area contributed by atoms with Gasteiger partial charge in [-0.25, -0.2) is 0 Å². The first-order valence-corrected chi connectivity index (χ1v) is 9.37. The maximum atomic E-state index is 11.2. The number of carbonyl (C=O) groups is 1. The summed E-state index contributed by atoms with van der Waals surface area (Å²) >= 11 is 0. The minimum absolute atomic E-state index is 0.0278. The average Bonchev–Trinajstić information content (AvgIpc) is 2.44. The molecule has 0 aliphatic rings. The molecular weight excluding hydrogens is 270 g/mol. The van der Waals surface area contributed by atoms with Crippen LogP contribution in [0.3, 0.4) is 0 Å². The van der Waals surface area contributed by atoms with Crippen LogP contribution < -0.4 is 5.32 Å². The van der Waals surface area contributed by atoms with E-state index < -0.39 is 9.28 Å². The zero-order valence-corrected chi connectivity index (χ0v) is 14.5. The van der Waals surface area contributed by atoms with E-state index in [2.05, 4.69) is 11.9 Å². The van der Waals surface area contributed by atoms with Gasteiger partial charge in [0.2, 0.25) is 5.91 Å². The minimum Gasteiger partial charge on any atom is -0.400 e. The van der Waals surface area contributed by atoms with Crippen molar-refractivity contribution in [3.05, 3.63) is 12.2 Å². The molecule has 0 aliphatic heterocycles. The summed E-state index contributed by atoms with van der Waals surface area (Å²) in [4.78, 5) is 11.2. The van der Waals surface area contributed by atoms with Gasteiger partial charge in [-0.15, -0.1) is 0 Å². The van der Waals surface area contributed by atoms with Crippen LogP contribution in [-0.4, -0.2) is 36.0 Å². The van der Waals surface area contributed by atoms with Crippen LogP contribution in [0.25, 0.3) is 0 Å². The molecule has 118 valence electrons. The van der Waals surface area contributed by atoms with E-state index >= 15 is 0 Å². The lowest BCUT2D eigenvalue weighted by atomic mass is 10.1. The van der Waals surface area contributed by atoms with Crippen molar-refractivity contribution in [1.82, 2.24) is 5.32 Å². The first-order valence-electron chi connectivity index (χ1n) is 7.61. The lowest BCUT2D eigenvalue weighted by Crippen LogP contribution is -2.24. The smallest absolute Gasteiger partial charge is 0.320 e. The Hall–Kier alpha value is -0.653. The van der Waals surface area contributed by atoms with Crippen LogP contribution in [0.1, 0.15) is 51.9 Å². The highest BCUT2D eigenvalue weighted by Crippen LogP contribution is 2.10. The molecule has 0 aromatic heterocycles. The molecule has 0 saturated carbocycles. The highest BCUT2D eigenvalue weighted by molar-refractivity contribution is 6.44. The van der Waals surface area contributed by atoms with Crippen LogP contribution >= 0.6 is 0 Å². The number of rotatable bonds is 13. The third-order valence-electron chi connectivity index (χ3n) is 3.32. The van der Waals surface area contributed by atoms with E-state index in [9.17, 15) is 4.79 Å². The molecule has 0 bridgehead atoms. The summed E-state index contributed by atoms with van der Waals surface area (Å²) in [6.07, 6.45) is 8.53. The van der Waals surface area contributed by atoms with Gasteiger partial charge in [-0.2, -0.15) is 0 Å². The second-order valence-electron chi connectivity index (χ2n) is 5.20. The average molecular weight is 302 g/mol. The molecule has 0 rings (SSSR count). The topological polar surface area (TPSA) is 47.6 Å². The molecule has 5 heteroatoms. The van der Waals surface area contributed by atoms with Crippen molar-refractivity contribution in [3.8, 4) is 0 Å². The fourth-order valence-corrected chi connectivity index (χ4v) is 3.29. The molecule has 4 nitrogen and oxygen atoms in total. The molecule has 1 N–H and O–H groups in total. The van der Waals surface area contributed by atoms with E-state index in [-0.39, 0.29) is 5.91 Å². The summed E-state index contributed by atoms with van der Waals surface area (Å²) in [6, 6.07) is 1.11. The van der Waals surface area contributed by atoms with Crippen LogP contribution in [0, 0.1) is 0 Å². The number of carbonyl (C=O) groups excluding carboxylic acids is 1. The SMILES string of the molecule is C=C(C)C(=O)NCCCCCCCCC[SiH](OC)OC. The van der Waals surface area contributed by atoms with E-state index in [0.717, 1.165) is 19.0 Å². The Bertz CT molecular complexity index is 268. The monoisotopic (exact) mass is 301 g/mol. The largest absolute Gasteiger partial charge is 0.400 e. The summed E-state index contributed by atoms with van der Waals surface area (Å²) in [7, 11) is 2.15. The van der Waals surface area contributed by atoms with Gasteiger partial charge in [0.1, 0.15) is 0 Å². The molecule has 20 heavy (non-hydrogen) atoms. The Morgan fingerprint density at radius 2 is 1.50 bits per heavy atom. The molecule has 0 unspecified atom stereocenters. The molecule has 0 spiro atoms. The molecular formula is C15H31NO3Si. The molecule has 0 radical (unpaired) electrons. The van der Waals surface area contributed by atoms with Crippen LogP contribution in [0.5, 0.6) is 0 Å². The fourth-order valence-electron chi connectivity index (χ4n) is 2.00.